The Morgan fingerprint density at radius 2 is 2.05 bits per heavy atom. The Balaban J connectivity index is 1.92. The molecule has 2 atom stereocenters. The van der Waals surface area contributed by atoms with Gasteiger partial charge in [0.05, 0.1) is 11.6 Å². The second kappa shape index (κ2) is 6.07. The van der Waals surface area contributed by atoms with Gasteiger partial charge < -0.3 is 10.2 Å². The lowest BCUT2D eigenvalue weighted by molar-refractivity contribution is 0.172. The van der Waals surface area contributed by atoms with E-state index in [-0.39, 0.29) is 0 Å². The predicted octanol–water partition coefficient (Wildman–Crippen LogP) is 3.50. The molecule has 1 aliphatic carbocycles. The van der Waals surface area contributed by atoms with Crippen molar-refractivity contribution in [3.8, 4) is 6.07 Å². The summed E-state index contributed by atoms with van der Waals surface area (Å²) >= 11 is 0. The molecule has 3 rings (SSSR count). The monoisotopic (exact) mass is 283 g/mol. The summed E-state index contributed by atoms with van der Waals surface area (Å²) in [6.45, 7) is 7.91. The summed E-state index contributed by atoms with van der Waals surface area (Å²) in [6.07, 6.45) is 4.70. The first-order valence-corrected chi connectivity index (χ1v) is 8.32. The molecule has 0 amide bonds. The Morgan fingerprint density at radius 3 is 2.71 bits per heavy atom. The normalized spacial score (nSPS) is 22.8. The number of nitrogens with one attached hydrogen (secondary N) is 1. The number of rotatable bonds is 5. The van der Waals surface area contributed by atoms with E-state index in [1.807, 2.05) is 6.07 Å². The molecule has 0 bridgehead atoms. The Kier molecular flexibility index (Phi) is 4.17. The second-order valence-electron chi connectivity index (χ2n) is 6.37. The molecule has 0 radical (unpaired) electrons. The number of nitriles is 1. The van der Waals surface area contributed by atoms with Crippen molar-refractivity contribution in [1.29, 1.82) is 5.26 Å². The van der Waals surface area contributed by atoms with Crippen molar-refractivity contribution in [3.63, 3.8) is 0 Å². The SMILES string of the molecule is CCCN(CCC)[C@H]1Cc2c(C#N)ccc3c2[C@H](CN3)C1. The third-order valence-electron chi connectivity index (χ3n) is 4.96. The summed E-state index contributed by atoms with van der Waals surface area (Å²) < 4.78 is 0. The van der Waals surface area contributed by atoms with Crippen LogP contribution in [0.4, 0.5) is 5.69 Å². The van der Waals surface area contributed by atoms with Crippen molar-refractivity contribution in [3.05, 3.63) is 28.8 Å². The summed E-state index contributed by atoms with van der Waals surface area (Å²) in [5.74, 6) is 0.596. The number of hydrogen-bond acceptors (Lipinski definition) is 3. The van der Waals surface area contributed by atoms with E-state index in [4.69, 9.17) is 0 Å². The third-order valence-corrected chi connectivity index (χ3v) is 4.96. The molecule has 0 saturated heterocycles. The van der Waals surface area contributed by atoms with E-state index in [0.29, 0.717) is 12.0 Å². The Hall–Kier alpha value is -1.53. The Morgan fingerprint density at radius 1 is 1.29 bits per heavy atom. The van der Waals surface area contributed by atoms with Gasteiger partial charge in [0.25, 0.3) is 0 Å². The zero-order chi connectivity index (χ0) is 14.8. The van der Waals surface area contributed by atoms with Crippen LogP contribution >= 0.6 is 0 Å². The first-order chi connectivity index (χ1) is 10.3. The van der Waals surface area contributed by atoms with E-state index in [1.54, 1.807) is 0 Å². The highest BCUT2D eigenvalue weighted by Crippen LogP contribution is 2.43. The fourth-order valence-corrected chi connectivity index (χ4v) is 4.12. The van der Waals surface area contributed by atoms with Gasteiger partial charge in [0, 0.05) is 24.2 Å². The van der Waals surface area contributed by atoms with Gasteiger partial charge in [-0.05, 0) is 62.0 Å². The minimum Gasteiger partial charge on any atom is -0.384 e. The number of hydrogen-bond donors (Lipinski definition) is 1. The maximum atomic E-state index is 9.44. The molecule has 3 heteroatoms. The lowest BCUT2D eigenvalue weighted by Crippen LogP contribution is -2.41. The van der Waals surface area contributed by atoms with Crippen LogP contribution in [0, 0.1) is 11.3 Å². The predicted molar refractivity (Wildman–Crippen MR) is 86.7 cm³/mol. The molecule has 0 spiro atoms. The summed E-state index contributed by atoms with van der Waals surface area (Å²) in [7, 11) is 0. The minimum absolute atomic E-state index is 0.596. The van der Waals surface area contributed by atoms with Crippen LogP contribution in [0.1, 0.15) is 55.7 Å². The van der Waals surface area contributed by atoms with E-state index in [9.17, 15) is 5.26 Å². The molecule has 112 valence electrons. The molecule has 3 nitrogen and oxygen atoms in total. The Labute approximate surface area is 128 Å². The molecule has 0 unspecified atom stereocenters. The highest BCUT2D eigenvalue weighted by molar-refractivity contribution is 5.65. The molecular weight excluding hydrogens is 258 g/mol. The number of nitrogens with zero attached hydrogens (tertiary/aromatic N) is 2. The van der Waals surface area contributed by atoms with E-state index in [1.165, 1.54) is 49.2 Å². The van der Waals surface area contributed by atoms with Crippen LogP contribution in [-0.2, 0) is 6.42 Å². The highest BCUT2D eigenvalue weighted by Gasteiger charge is 2.36. The van der Waals surface area contributed by atoms with Crippen LogP contribution < -0.4 is 5.32 Å². The van der Waals surface area contributed by atoms with Crippen LogP contribution in [0.15, 0.2) is 12.1 Å². The lowest BCUT2D eigenvalue weighted by Gasteiger charge is -2.37. The molecule has 0 fully saturated rings. The van der Waals surface area contributed by atoms with Crippen molar-refractivity contribution < 1.29 is 0 Å². The largest absolute Gasteiger partial charge is 0.384 e. The van der Waals surface area contributed by atoms with Gasteiger partial charge in [-0.1, -0.05) is 13.8 Å². The van der Waals surface area contributed by atoms with Crippen LogP contribution in [0.3, 0.4) is 0 Å². The van der Waals surface area contributed by atoms with Gasteiger partial charge >= 0.3 is 0 Å². The van der Waals surface area contributed by atoms with Gasteiger partial charge in [0.2, 0.25) is 0 Å². The first-order valence-electron chi connectivity index (χ1n) is 8.32. The second-order valence-corrected chi connectivity index (χ2v) is 6.37. The van der Waals surface area contributed by atoms with Crippen LogP contribution in [0.5, 0.6) is 0 Å². The van der Waals surface area contributed by atoms with Gasteiger partial charge in [-0.3, -0.25) is 0 Å². The standard InChI is InChI=1S/C18H25N3/c1-3-7-21(8-4-2)15-9-14-12-20-17-6-5-13(11-19)16(10-15)18(14)17/h5-6,14-15,20H,3-4,7-10,12H2,1-2H3/t14-,15+/m0/s1. The highest BCUT2D eigenvalue weighted by atomic mass is 15.2. The van der Waals surface area contributed by atoms with Gasteiger partial charge in [0.15, 0.2) is 0 Å². The van der Waals surface area contributed by atoms with Crippen LogP contribution in [0.2, 0.25) is 0 Å². The van der Waals surface area contributed by atoms with E-state index >= 15 is 0 Å². The molecule has 1 aliphatic heterocycles. The van der Waals surface area contributed by atoms with Crippen LogP contribution in [-0.4, -0.2) is 30.6 Å². The van der Waals surface area contributed by atoms with E-state index in [0.717, 1.165) is 18.5 Å². The molecule has 0 saturated carbocycles. The molecule has 21 heavy (non-hydrogen) atoms. The van der Waals surface area contributed by atoms with E-state index in [2.05, 4.69) is 36.2 Å². The third kappa shape index (κ3) is 2.53. The summed E-state index contributed by atoms with van der Waals surface area (Å²) in [5.41, 5.74) is 4.92. The van der Waals surface area contributed by atoms with Crippen LogP contribution in [0.25, 0.3) is 0 Å². The van der Waals surface area contributed by atoms with Crippen molar-refractivity contribution in [2.75, 3.05) is 25.0 Å². The van der Waals surface area contributed by atoms with Crippen molar-refractivity contribution >= 4 is 5.69 Å². The molecule has 1 aromatic rings. The summed E-state index contributed by atoms with van der Waals surface area (Å²) in [4.78, 5) is 2.65. The molecular formula is C18H25N3. The average molecular weight is 283 g/mol. The molecule has 1 N–H and O–H groups in total. The van der Waals surface area contributed by atoms with Crippen molar-refractivity contribution in [2.24, 2.45) is 0 Å². The summed E-state index contributed by atoms with van der Waals surface area (Å²) in [6, 6.07) is 7.10. The Bertz CT molecular complexity index is 552. The molecule has 0 aromatic heterocycles. The topological polar surface area (TPSA) is 39.1 Å². The quantitative estimate of drug-likeness (QED) is 0.899. The average Bonchev–Trinajstić information content (AvgIpc) is 2.92. The summed E-state index contributed by atoms with van der Waals surface area (Å²) in [5, 5.41) is 13.0. The number of benzene rings is 1. The lowest BCUT2D eigenvalue weighted by atomic mass is 9.78. The fourth-order valence-electron chi connectivity index (χ4n) is 4.12. The molecule has 1 heterocycles. The first kappa shape index (κ1) is 14.4. The maximum absolute atomic E-state index is 9.44. The van der Waals surface area contributed by atoms with Gasteiger partial charge in [-0.2, -0.15) is 5.26 Å². The molecule has 2 aliphatic rings. The van der Waals surface area contributed by atoms with Gasteiger partial charge in [0.1, 0.15) is 0 Å². The maximum Gasteiger partial charge on any atom is 0.0994 e. The number of anilines is 1. The van der Waals surface area contributed by atoms with E-state index < -0.39 is 0 Å². The minimum atomic E-state index is 0.596. The zero-order valence-electron chi connectivity index (χ0n) is 13.2. The van der Waals surface area contributed by atoms with Crippen molar-refractivity contribution in [1.82, 2.24) is 4.90 Å². The van der Waals surface area contributed by atoms with Gasteiger partial charge in [-0.25, -0.2) is 0 Å². The van der Waals surface area contributed by atoms with Crippen molar-refractivity contribution in [2.45, 2.75) is 51.5 Å². The smallest absolute Gasteiger partial charge is 0.0994 e. The fraction of sp³-hybridized carbons (Fsp3) is 0.611. The van der Waals surface area contributed by atoms with Gasteiger partial charge in [-0.15, -0.1) is 0 Å². The zero-order valence-corrected chi connectivity index (χ0v) is 13.2. The molecule has 1 aromatic carbocycles.